The highest BCUT2D eigenvalue weighted by atomic mass is 16.6. The fourth-order valence-corrected chi connectivity index (χ4v) is 2.93. The molecule has 116 valence electrons. The zero-order valence-corrected chi connectivity index (χ0v) is 12.7. The van der Waals surface area contributed by atoms with Crippen molar-refractivity contribution in [3.8, 4) is 5.75 Å². The molecule has 1 aromatic heterocycles. The predicted octanol–water partition coefficient (Wildman–Crippen LogP) is 2.61. The molecule has 1 aliphatic rings. The molecular weight excluding hydrogens is 284 g/mol. The standard InChI is InChI=1S/C17H18O5/c1-3-14(17(19)20-2)21-10-7-8-12-11-5-4-6-13(11)16(18)22-15(12)9-10/h7-9,14H,3-6H2,1-2H3/t14-/m1/s1. The number of carbonyl (C=O) groups excluding carboxylic acids is 1. The molecule has 0 saturated heterocycles. The Morgan fingerprint density at radius 1 is 1.32 bits per heavy atom. The van der Waals surface area contributed by atoms with Crippen LogP contribution >= 0.6 is 0 Å². The van der Waals surface area contributed by atoms with Gasteiger partial charge in [0.15, 0.2) is 6.10 Å². The fraction of sp³-hybridized carbons (Fsp3) is 0.412. The van der Waals surface area contributed by atoms with Crippen LogP contribution in [0.1, 0.15) is 30.9 Å². The molecule has 0 N–H and O–H groups in total. The molecule has 1 aromatic carbocycles. The Hall–Kier alpha value is -2.30. The Labute approximate surface area is 127 Å². The second-order valence-electron chi connectivity index (χ2n) is 5.40. The molecule has 1 aliphatic carbocycles. The van der Waals surface area contributed by atoms with Crippen LogP contribution in [0, 0.1) is 0 Å². The Morgan fingerprint density at radius 3 is 2.82 bits per heavy atom. The lowest BCUT2D eigenvalue weighted by molar-refractivity contribution is -0.148. The van der Waals surface area contributed by atoms with Crippen molar-refractivity contribution in [2.24, 2.45) is 0 Å². The van der Waals surface area contributed by atoms with E-state index in [1.165, 1.54) is 7.11 Å². The number of hydrogen-bond donors (Lipinski definition) is 0. The molecule has 3 rings (SSSR count). The third-order valence-corrected chi connectivity index (χ3v) is 4.06. The van der Waals surface area contributed by atoms with Crippen LogP contribution in [0.5, 0.6) is 5.75 Å². The van der Waals surface area contributed by atoms with Gasteiger partial charge in [-0.2, -0.15) is 0 Å². The number of rotatable bonds is 4. The zero-order chi connectivity index (χ0) is 15.7. The van der Waals surface area contributed by atoms with E-state index in [1.807, 2.05) is 13.0 Å². The average Bonchev–Trinajstić information content (AvgIpc) is 3.02. The van der Waals surface area contributed by atoms with Crippen molar-refractivity contribution >= 4 is 16.9 Å². The summed E-state index contributed by atoms with van der Waals surface area (Å²) in [5.41, 5.74) is 2.11. The molecular formula is C17H18O5. The summed E-state index contributed by atoms with van der Waals surface area (Å²) in [7, 11) is 1.33. The molecule has 0 bridgehead atoms. The first-order valence-corrected chi connectivity index (χ1v) is 7.47. The zero-order valence-electron chi connectivity index (χ0n) is 12.7. The molecule has 1 atom stereocenters. The summed E-state index contributed by atoms with van der Waals surface area (Å²) < 4.78 is 15.7. The lowest BCUT2D eigenvalue weighted by Crippen LogP contribution is -2.27. The van der Waals surface area contributed by atoms with Gasteiger partial charge in [-0.25, -0.2) is 9.59 Å². The number of carbonyl (C=O) groups is 1. The number of methoxy groups -OCH3 is 1. The number of fused-ring (bicyclic) bond motifs is 3. The topological polar surface area (TPSA) is 65.7 Å². The van der Waals surface area contributed by atoms with Gasteiger partial charge in [-0.15, -0.1) is 0 Å². The number of esters is 1. The maximum atomic E-state index is 12.0. The predicted molar refractivity (Wildman–Crippen MR) is 81.2 cm³/mol. The highest BCUT2D eigenvalue weighted by Gasteiger charge is 2.21. The monoisotopic (exact) mass is 302 g/mol. The number of benzene rings is 1. The number of hydrogen-bond acceptors (Lipinski definition) is 5. The molecule has 0 unspecified atom stereocenters. The van der Waals surface area contributed by atoms with E-state index in [4.69, 9.17) is 13.9 Å². The Balaban J connectivity index is 1.99. The summed E-state index contributed by atoms with van der Waals surface area (Å²) >= 11 is 0. The van der Waals surface area contributed by atoms with Crippen LogP contribution in [-0.4, -0.2) is 19.2 Å². The minimum Gasteiger partial charge on any atom is -0.479 e. The van der Waals surface area contributed by atoms with Gasteiger partial charge >= 0.3 is 11.6 Å². The van der Waals surface area contributed by atoms with E-state index in [0.29, 0.717) is 17.8 Å². The molecule has 0 aliphatic heterocycles. The van der Waals surface area contributed by atoms with Gasteiger partial charge in [0.1, 0.15) is 11.3 Å². The quantitative estimate of drug-likeness (QED) is 0.641. The molecule has 5 nitrogen and oxygen atoms in total. The van der Waals surface area contributed by atoms with Gasteiger partial charge in [0.25, 0.3) is 0 Å². The number of aryl methyl sites for hydroxylation is 1. The van der Waals surface area contributed by atoms with Crippen LogP contribution in [0.4, 0.5) is 0 Å². The second kappa shape index (κ2) is 5.83. The van der Waals surface area contributed by atoms with Crippen LogP contribution in [-0.2, 0) is 22.4 Å². The lowest BCUT2D eigenvalue weighted by atomic mass is 10.1. The van der Waals surface area contributed by atoms with E-state index < -0.39 is 12.1 Å². The third kappa shape index (κ3) is 2.47. The van der Waals surface area contributed by atoms with Crippen molar-refractivity contribution in [1.82, 2.24) is 0 Å². The summed E-state index contributed by atoms with van der Waals surface area (Å²) in [5.74, 6) is 0.0730. The Bertz CT molecular complexity index is 774. The summed E-state index contributed by atoms with van der Waals surface area (Å²) in [6.07, 6.45) is 2.50. The molecule has 1 heterocycles. The minimum absolute atomic E-state index is 0.267. The van der Waals surface area contributed by atoms with E-state index in [9.17, 15) is 9.59 Å². The Morgan fingerprint density at radius 2 is 2.09 bits per heavy atom. The Kier molecular flexibility index (Phi) is 3.88. The first-order valence-electron chi connectivity index (χ1n) is 7.47. The van der Waals surface area contributed by atoms with E-state index in [2.05, 4.69) is 0 Å². The van der Waals surface area contributed by atoms with Crippen LogP contribution in [0.2, 0.25) is 0 Å². The fourth-order valence-electron chi connectivity index (χ4n) is 2.93. The summed E-state index contributed by atoms with van der Waals surface area (Å²) in [6, 6.07) is 5.36. The van der Waals surface area contributed by atoms with Gasteiger partial charge < -0.3 is 13.9 Å². The molecule has 0 radical (unpaired) electrons. The van der Waals surface area contributed by atoms with Crippen LogP contribution in [0.3, 0.4) is 0 Å². The number of ether oxygens (including phenoxy) is 2. The largest absolute Gasteiger partial charge is 0.479 e. The van der Waals surface area contributed by atoms with Gasteiger partial charge in [-0.1, -0.05) is 6.92 Å². The summed E-state index contributed by atoms with van der Waals surface area (Å²) in [5, 5.41) is 0.950. The van der Waals surface area contributed by atoms with E-state index in [0.717, 1.165) is 35.8 Å². The van der Waals surface area contributed by atoms with Crippen molar-refractivity contribution in [3.63, 3.8) is 0 Å². The highest BCUT2D eigenvalue weighted by Crippen LogP contribution is 2.30. The molecule has 0 amide bonds. The van der Waals surface area contributed by atoms with Gasteiger partial charge in [0.05, 0.1) is 7.11 Å². The van der Waals surface area contributed by atoms with Gasteiger partial charge in [0.2, 0.25) is 0 Å². The lowest BCUT2D eigenvalue weighted by Gasteiger charge is -2.15. The first kappa shape index (κ1) is 14.6. The molecule has 0 spiro atoms. The van der Waals surface area contributed by atoms with Crippen molar-refractivity contribution < 1.29 is 18.7 Å². The maximum absolute atomic E-state index is 12.0. The van der Waals surface area contributed by atoms with Crippen LogP contribution < -0.4 is 10.4 Å². The minimum atomic E-state index is -0.663. The summed E-state index contributed by atoms with van der Waals surface area (Å²) in [6.45, 7) is 1.84. The van der Waals surface area contributed by atoms with E-state index >= 15 is 0 Å². The smallest absolute Gasteiger partial charge is 0.347 e. The highest BCUT2D eigenvalue weighted by molar-refractivity contribution is 5.83. The van der Waals surface area contributed by atoms with Crippen LogP contribution in [0.15, 0.2) is 27.4 Å². The normalized spacial score (nSPS) is 14.6. The molecule has 0 saturated carbocycles. The van der Waals surface area contributed by atoms with Crippen molar-refractivity contribution in [1.29, 1.82) is 0 Å². The van der Waals surface area contributed by atoms with Crippen molar-refractivity contribution in [3.05, 3.63) is 39.7 Å². The van der Waals surface area contributed by atoms with Crippen molar-refractivity contribution in [2.75, 3.05) is 7.11 Å². The molecule has 0 fully saturated rings. The van der Waals surface area contributed by atoms with Crippen LogP contribution in [0.25, 0.3) is 11.0 Å². The van der Waals surface area contributed by atoms with Gasteiger partial charge in [0, 0.05) is 17.0 Å². The summed E-state index contributed by atoms with van der Waals surface area (Å²) in [4.78, 5) is 23.6. The van der Waals surface area contributed by atoms with Gasteiger partial charge in [-0.3, -0.25) is 0 Å². The molecule has 2 aromatic rings. The first-order chi connectivity index (χ1) is 10.6. The van der Waals surface area contributed by atoms with E-state index in [1.54, 1.807) is 12.1 Å². The molecule has 5 heteroatoms. The third-order valence-electron chi connectivity index (χ3n) is 4.06. The second-order valence-corrected chi connectivity index (χ2v) is 5.40. The van der Waals surface area contributed by atoms with Crippen molar-refractivity contribution in [2.45, 2.75) is 38.7 Å². The van der Waals surface area contributed by atoms with Gasteiger partial charge in [-0.05, 0) is 43.4 Å². The SMILES string of the molecule is CC[C@@H](Oc1ccc2c3c(c(=O)oc2c1)CCC3)C(=O)OC. The maximum Gasteiger partial charge on any atom is 0.347 e. The average molecular weight is 302 g/mol. The van der Waals surface area contributed by atoms with E-state index in [-0.39, 0.29) is 5.63 Å². The molecule has 22 heavy (non-hydrogen) atoms.